The predicted molar refractivity (Wildman–Crippen MR) is 56.3 cm³/mol. The van der Waals surface area contributed by atoms with Crippen LogP contribution < -0.4 is 4.74 Å². The molecule has 0 saturated heterocycles. The first-order valence-electron chi connectivity index (χ1n) is 4.03. The van der Waals surface area contributed by atoms with E-state index in [1.807, 2.05) is 0 Å². The Labute approximate surface area is 95.8 Å². The van der Waals surface area contributed by atoms with Crippen molar-refractivity contribution in [1.82, 2.24) is 10.2 Å². The molecule has 2 rings (SSSR count). The summed E-state index contributed by atoms with van der Waals surface area (Å²) >= 11 is 11.3. The highest BCUT2D eigenvalue weighted by atomic mass is 35.5. The number of ether oxygens (including phenoxy) is 1. The van der Waals surface area contributed by atoms with Crippen LogP contribution in [-0.4, -0.2) is 17.3 Å². The Hall–Kier alpha value is -1.26. The molecule has 0 saturated carbocycles. The van der Waals surface area contributed by atoms with E-state index in [1.165, 1.54) is 7.11 Å². The number of halogens is 2. The molecule has 1 heterocycles. The van der Waals surface area contributed by atoms with Crippen LogP contribution in [0.3, 0.4) is 0 Å². The third-order valence-electron chi connectivity index (χ3n) is 1.79. The van der Waals surface area contributed by atoms with Gasteiger partial charge in [0.1, 0.15) is 5.75 Å². The lowest BCUT2D eigenvalue weighted by molar-refractivity contribution is 0.414. The molecule has 0 aliphatic rings. The average Bonchev–Trinajstić information content (AvgIpc) is 2.64. The fourth-order valence-corrected chi connectivity index (χ4v) is 1.43. The molecule has 6 heteroatoms. The van der Waals surface area contributed by atoms with Gasteiger partial charge in [-0.3, -0.25) is 0 Å². The van der Waals surface area contributed by atoms with Gasteiger partial charge in [-0.15, -0.1) is 5.10 Å². The molecule has 0 radical (unpaired) electrons. The van der Waals surface area contributed by atoms with Crippen molar-refractivity contribution in [3.8, 4) is 17.2 Å². The van der Waals surface area contributed by atoms with Crippen molar-refractivity contribution in [2.75, 3.05) is 7.11 Å². The first-order valence-corrected chi connectivity index (χ1v) is 4.79. The number of hydrogen-bond acceptors (Lipinski definition) is 4. The van der Waals surface area contributed by atoms with Crippen molar-refractivity contribution in [2.45, 2.75) is 0 Å². The van der Waals surface area contributed by atoms with E-state index < -0.39 is 0 Å². The normalized spacial score (nSPS) is 10.3. The van der Waals surface area contributed by atoms with E-state index >= 15 is 0 Å². The number of benzene rings is 1. The maximum absolute atomic E-state index is 5.82. The van der Waals surface area contributed by atoms with E-state index in [1.54, 1.807) is 18.2 Å². The molecule has 0 spiro atoms. The van der Waals surface area contributed by atoms with E-state index in [-0.39, 0.29) is 5.35 Å². The second kappa shape index (κ2) is 4.08. The zero-order valence-corrected chi connectivity index (χ0v) is 9.21. The standard InChI is InChI=1S/C9H6Cl2N2O2/c1-14-7-4-5(10)2-3-6(7)8-12-13-9(11)15-8/h2-4H,1H3. The lowest BCUT2D eigenvalue weighted by Gasteiger charge is -2.04. The van der Waals surface area contributed by atoms with Crippen LogP contribution in [0.4, 0.5) is 0 Å². The van der Waals surface area contributed by atoms with Gasteiger partial charge in [-0.05, 0) is 29.8 Å². The molecule has 0 unspecified atom stereocenters. The van der Waals surface area contributed by atoms with E-state index in [9.17, 15) is 0 Å². The van der Waals surface area contributed by atoms with E-state index in [0.717, 1.165) is 0 Å². The van der Waals surface area contributed by atoms with Gasteiger partial charge in [0.15, 0.2) is 0 Å². The Morgan fingerprint density at radius 1 is 1.27 bits per heavy atom. The maximum atomic E-state index is 5.82. The van der Waals surface area contributed by atoms with Crippen LogP contribution in [0.5, 0.6) is 5.75 Å². The Morgan fingerprint density at radius 2 is 2.07 bits per heavy atom. The molecule has 0 N–H and O–H groups in total. The quantitative estimate of drug-likeness (QED) is 0.815. The monoisotopic (exact) mass is 244 g/mol. The SMILES string of the molecule is COc1cc(Cl)ccc1-c1nnc(Cl)o1. The smallest absolute Gasteiger partial charge is 0.313 e. The molecule has 1 aromatic carbocycles. The highest BCUT2D eigenvalue weighted by Crippen LogP contribution is 2.31. The van der Waals surface area contributed by atoms with Crippen molar-refractivity contribution >= 4 is 23.2 Å². The molecule has 2 aromatic rings. The lowest BCUT2D eigenvalue weighted by Crippen LogP contribution is -1.87. The van der Waals surface area contributed by atoms with Crippen molar-refractivity contribution in [1.29, 1.82) is 0 Å². The molecule has 15 heavy (non-hydrogen) atoms. The largest absolute Gasteiger partial charge is 0.496 e. The van der Waals surface area contributed by atoms with Crippen LogP contribution in [0, 0.1) is 0 Å². The molecule has 4 nitrogen and oxygen atoms in total. The second-order valence-corrected chi connectivity index (χ2v) is 3.46. The van der Waals surface area contributed by atoms with Crippen LogP contribution in [0.25, 0.3) is 11.5 Å². The molecule has 0 aliphatic carbocycles. The van der Waals surface area contributed by atoms with Crippen molar-refractivity contribution in [2.24, 2.45) is 0 Å². The number of methoxy groups -OCH3 is 1. The summed E-state index contributed by atoms with van der Waals surface area (Å²) in [5.41, 5.74) is 0.654. The fourth-order valence-electron chi connectivity index (χ4n) is 1.16. The Bertz CT molecular complexity index is 485. The summed E-state index contributed by atoms with van der Waals surface area (Å²) in [7, 11) is 1.53. The molecule has 0 bridgehead atoms. The number of hydrogen-bond donors (Lipinski definition) is 0. The summed E-state index contributed by atoms with van der Waals surface area (Å²) < 4.78 is 10.2. The molecule has 0 fully saturated rings. The summed E-state index contributed by atoms with van der Waals surface area (Å²) in [6.45, 7) is 0. The van der Waals surface area contributed by atoms with Crippen molar-refractivity contribution in [3.63, 3.8) is 0 Å². The zero-order chi connectivity index (χ0) is 10.8. The lowest BCUT2D eigenvalue weighted by atomic mass is 10.2. The van der Waals surface area contributed by atoms with Gasteiger partial charge < -0.3 is 9.15 Å². The molecule has 1 aromatic heterocycles. The van der Waals surface area contributed by atoms with Crippen LogP contribution in [0.15, 0.2) is 22.6 Å². The van der Waals surface area contributed by atoms with Crippen LogP contribution in [-0.2, 0) is 0 Å². The average molecular weight is 245 g/mol. The molecule has 0 amide bonds. The third-order valence-corrected chi connectivity index (χ3v) is 2.18. The Balaban J connectivity index is 2.52. The van der Waals surface area contributed by atoms with E-state index in [2.05, 4.69) is 10.2 Å². The third kappa shape index (κ3) is 2.06. The van der Waals surface area contributed by atoms with Gasteiger partial charge in [0.05, 0.1) is 12.7 Å². The van der Waals surface area contributed by atoms with Gasteiger partial charge in [0.25, 0.3) is 5.89 Å². The minimum absolute atomic E-state index is 0.0120. The number of nitrogens with zero attached hydrogens (tertiary/aromatic N) is 2. The summed E-state index contributed by atoms with van der Waals surface area (Å²) in [6, 6.07) is 5.09. The van der Waals surface area contributed by atoms with Crippen molar-refractivity contribution < 1.29 is 9.15 Å². The molecular weight excluding hydrogens is 239 g/mol. The number of aromatic nitrogens is 2. The fraction of sp³-hybridized carbons (Fsp3) is 0.111. The zero-order valence-electron chi connectivity index (χ0n) is 7.70. The van der Waals surface area contributed by atoms with Gasteiger partial charge >= 0.3 is 5.35 Å². The van der Waals surface area contributed by atoms with Crippen LogP contribution in [0.2, 0.25) is 10.4 Å². The van der Waals surface area contributed by atoms with Crippen LogP contribution >= 0.6 is 23.2 Å². The minimum Gasteiger partial charge on any atom is -0.496 e. The van der Waals surface area contributed by atoms with Gasteiger partial charge in [0, 0.05) is 5.02 Å². The van der Waals surface area contributed by atoms with E-state index in [0.29, 0.717) is 22.2 Å². The topological polar surface area (TPSA) is 48.2 Å². The predicted octanol–water partition coefficient (Wildman–Crippen LogP) is 3.05. The summed E-state index contributed by atoms with van der Waals surface area (Å²) in [5.74, 6) is 0.858. The van der Waals surface area contributed by atoms with Gasteiger partial charge in [-0.2, -0.15) is 0 Å². The van der Waals surface area contributed by atoms with Crippen molar-refractivity contribution in [3.05, 3.63) is 28.6 Å². The first-order chi connectivity index (χ1) is 7.20. The summed E-state index contributed by atoms with van der Waals surface area (Å²) in [4.78, 5) is 0. The minimum atomic E-state index is -0.0120. The van der Waals surface area contributed by atoms with Gasteiger partial charge in [-0.25, -0.2) is 0 Å². The molecule has 0 aliphatic heterocycles. The molecular formula is C9H6Cl2N2O2. The van der Waals surface area contributed by atoms with Gasteiger partial charge in [0.2, 0.25) is 0 Å². The molecule has 0 atom stereocenters. The summed E-state index contributed by atoms with van der Waals surface area (Å²) in [5, 5.41) is 7.86. The van der Waals surface area contributed by atoms with Crippen LogP contribution in [0.1, 0.15) is 0 Å². The Kier molecular flexibility index (Phi) is 2.79. The molecule has 78 valence electrons. The first kappa shape index (κ1) is 10.3. The maximum Gasteiger partial charge on any atom is 0.313 e. The van der Waals surface area contributed by atoms with Gasteiger partial charge in [-0.1, -0.05) is 16.7 Å². The summed E-state index contributed by atoms with van der Waals surface area (Å²) in [6.07, 6.45) is 0. The Morgan fingerprint density at radius 3 is 2.67 bits per heavy atom. The number of rotatable bonds is 2. The highest BCUT2D eigenvalue weighted by molar-refractivity contribution is 6.30. The highest BCUT2D eigenvalue weighted by Gasteiger charge is 2.12. The second-order valence-electron chi connectivity index (χ2n) is 2.70. The van der Waals surface area contributed by atoms with E-state index in [4.69, 9.17) is 32.4 Å².